The van der Waals surface area contributed by atoms with Gasteiger partial charge in [-0.2, -0.15) is 0 Å². The van der Waals surface area contributed by atoms with E-state index in [1.165, 1.54) is 18.4 Å². The molecule has 1 unspecified atom stereocenters. The molecule has 1 rings (SSSR count). The number of rotatable bonds is 7. The smallest absolute Gasteiger partial charge is 0.122 e. The molecular formula is C15H24ClNO. The second kappa shape index (κ2) is 7.65. The van der Waals surface area contributed by atoms with E-state index in [9.17, 15) is 0 Å². The number of likely N-dealkylation sites (N-methyl/N-ethyl adjacent to an activating group) is 1. The minimum absolute atomic E-state index is 0.443. The van der Waals surface area contributed by atoms with E-state index in [0.29, 0.717) is 11.8 Å². The lowest BCUT2D eigenvalue weighted by Gasteiger charge is -2.27. The fourth-order valence-electron chi connectivity index (χ4n) is 2.60. The highest BCUT2D eigenvalue weighted by atomic mass is 35.5. The Kier molecular flexibility index (Phi) is 6.51. The Labute approximate surface area is 116 Å². The molecule has 0 fully saturated rings. The Morgan fingerprint density at radius 1 is 1.28 bits per heavy atom. The fourth-order valence-corrected chi connectivity index (χ4v) is 2.78. The summed E-state index contributed by atoms with van der Waals surface area (Å²) in [4.78, 5) is 0. The zero-order valence-corrected chi connectivity index (χ0v) is 12.6. The van der Waals surface area contributed by atoms with Crippen molar-refractivity contribution in [1.82, 2.24) is 5.32 Å². The third kappa shape index (κ3) is 3.63. The Balaban J connectivity index is 3.14. The molecule has 1 atom stereocenters. The van der Waals surface area contributed by atoms with Crippen molar-refractivity contribution in [3.05, 3.63) is 28.8 Å². The molecule has 3 heteroatoms. The number of methoxy groups -OCH3 is 1. The monoisotopic (exact) mass is 269 g/mol. The molecule has 0 amide bonds. The van der Waals surface area contributed by atoms with E-state index < -0.39 is 0 Å². The SMILES string of the molecule is CCC(CC)C(CNC)c1cc(Cl)ccc1OC. The van der Waals surface area contributed by atoms with Gasteiger partial charge in [-0.25, -0.2) is 0 Å². The van der Waals surface area contributed by atoms with Crippen LogP contribution >= 0.6 is 11.6 Å². The van der Waals surface area contributed by atoms with E-state index in [2.05, 4.69) is 19.2 Å². The number of nitrogens with one attached hydrogen (secondary N) is 1. The fraction of sp³-hybridized carbons (Fsp3) is 0.600. The molecule has 2 nitrogen and oxygen atoms in total. The van der Waals surface area contributed by atoms with Gasteiger partial charge in [0.05, 0.1) is 7.11 Å². The highest BCUT2D eigenvalue weighted by Gasteiger charge is 2.23. The van der Waals surface area contributed by atoms with Crippen LogP contribution in [0.3, 0.4) is 0 Å². The van der Waals surface area contributed by atoms with Crippen LogP contribution in [0.5, 0.6) is 5.75 Å². The molecule has 0 saturated heterocycles. The summed E-state index contributed by atoms with van der Waals surface area (Å²) in [6.45, 7) is 5.44. The van der Waals surface area contributed by atoms with Crippen molar-refractivity contribution < 1.29 is 4.74 Å². The molecule has 0 bridgehead atoms. The standard InChI is InChI=1S/C15H24ClNO/c1-5-11(6-2)14(10-17-3)13-9-12(16)7-8-15(13)18-4/h7-9,11,14,17H,5-6,10H2,1-4H3. The van der Waals surface area contributed by atoms with E-state index in [4.69, 9.17) is 16.3 Å². The van der Waals surface area contributed by atoms with Gasteiger partial charge >= 0.3 is 0 Å². The van der Waals surface area contributed by atoms with Crippen molar-refractivity contribution in [3.63, 3.8) is 0 Å². The van der Waals surface area contributed by atoms with Crippen molar-refractivity contribution >= 4 is 11.6 Å². The summed E-state index contributed by atoms with van der Waals surface area (Å²) in [7, 11) is 3.71. The largest absolute Gasteiger partial charge is 0.496 e. The molecule has 102 valence electrons. The third-order valence-corrected chi connectivity index (χ3v) is 3.87. The maximum atomic E-state index is 6.13. The van der Waals surface area contributed by atoms with E-state index in [0.717, 1.165) is 17.3 Å². The molecular weight excluding hydrogens is 246 g/mol. The summed E-state index contributed by atoms with van der Waals surface area (Å²) < 4.78 is 5.48. The third-order valence-electron chi connectivity index (χ3n) is 3.63. The zero-order valence-electron chi connectivity index (χ0n) is 11.8. The lowest BCUT2D eigenvalue weighted by atomic mass is 9.82. The van der Waals surface area contributed by atoms with Crippen molar-refractivity contribution in [2.75, 3.05) is 20.7 Å². The minimum Gasteiger partial charge on any atom is -0.496 e. The highest BCUT2D eigenvalue weighted by Crippen LogP contribution is 2.36. The van der Waals surface area contributed by atoms with Gasteiger partial charge in [-0.3, -0.25) is 0 Å². The summed E-state index contributed by atoms with van der Waals surface area (Å²) in [5.41, 5.74) is 1.22. The maximum absolute atomic E-state index is 6.13. The topological polar surface area (TPSA) is 21.3 Å². The molecule has 0 aliphatic heterocycles. The van der Waals surface area contributed by atoms with Crippen LogP contribution in [0.15, 0.2) is 18.2 Å². The first-order valence-electron chi connectivity index (χ1n) is 6.65. The van der Waals surface area contributed by atoms with E-state index in [1.807, 2.05) is 25.2 Å². The Bertz CT molecular complexity index is 364. The van der Waals surface area contributed by atoms with Gasteiger partial charge in [0.2, 0.25) is 0 Å². The van der Waals surface area contributed by atoms with Crippen LogP contribution in [-0.2, 0) is 0 Å². The number of ether oxygens (including phenoxy) is 1. The van der Waals surface area contributed by atoms with Gasteiger partial charge < -0.3 is 10.1 Å². The van der Waals surface area contributed by atoms with Crippen molar-refractivity contribution in [2.45, 2.75) is 32.6 Å². The quantitative estimate of drug-likeness (QED) is 0.805. The van der Waals surface area contributed by atoms with E-state index >= 15 is 0 Å². The van der Waals surface area contributed by atoms with Gasteiger partial charge in [0, 0.05) is 23.0 Å². The van der Waals surface area contributed by atoms with Crippen LogP contribution in [0.4, 0.5) is 0 Å². The summed E-state index contributed by atoms with van der Waals surface area (Å²) >= 11 is 6.13. The van der Waals surface area contributed by atoms with Crippen LogP contribution in [0.25, 0.3) is 0 Å². The molecule has 0 aliphatic rings. The van der Waals surface area contributed by atoms with Gasteiger partial charge in [-0.1, -0.05) is 38.3 Å². The molecule has 1 aromatic carbocycles. The molecule has 0 aliphatic carbocycles. The lowest BCUT2D eigenvalue weighted by Crippen LogP contribution is -2.24. The molecule has 1 N–H and O–H groups in total. The first kappa shape index (κ1) is 15.3. The van der Waals surface area contributed by atoms with Crippen LogP contribution in [0.1, 0.15) is 38.2 Å². The molecule has 0 aromatic heterocycles. The lowest BCUT2D eigenvalue weighted by molar-refractivity contribution is 0.361. The molecule has 0 radical (unpaired) electrons. The minimum atomic E-state index is 0.443. The first-order valence-corrected chi connectivity index (χ1v) is 7.03. The average Bonchev–Trinajstić information content (AvgIpc) is 2.39. The molecule has 0 heterocycles. The molecule has 18 heavy (non-hydrogen) atoms. The van der Waals surface area contributed by atoms with Gasteiger partial charge in [0.25, 0.3) is 0 Å². The summed E-state index contributed by atoms with van der Waals surface area (Å²) in [6.07, 6.45) is 2.33. The van der Waals surface area contributed by atoms with Crippen LogP contribution in [0, 0.1) is 5.92 Å². The zero-order chi connectivity index (χ0) is 13.5. The van der Waals surface area contributed by atoms with Crippen LogP contribution in [-0.4, -0.2) is 20.7 Å². The summed E-state index contributed by atoms with van der Waals surface area (Å²) in [6, 6.07) is 5.89. The number of halogens is 1. The van der Waals surface area contributed by atoms with Gasteiger partial charge in [-0.15, -0.1) is 0 Å². The number of hydrogen-bond acceptors (Lipinski definition) is 2. The second-order valence-corrected chi connectivity index (χ2v) is 5.06. The molecule has 0 spiro atoms. The predicted octanol–water partition coefficient (Wildman–Crippen LogP) is 4.09. The van der Waals surface area contributed by atoms with Crippen LogP contribution < -0.4 is 10.1 Å². The van der Waals surface area contributed by atoms with E-state index in [1.54, 1.807) is 7.11 Å². The van der Waals surface area contributed by atoms with Gasteiger partial charge in [0.1, 0.15) is 5.75 Å². The maximum Gasteiger partial charge on any atom is 0.122 e. The number of benzene rings is 1. The Morgan fingerprint density at radius 2 is 1.94 bits per heavy atom. The van der Waals surface area contributed by atoms with E-state index in [-0.39, 0.29) is 0 Å². The Morgan fingerprint density at radius 3 is 2.44 bits per heavy atom. The number of hydrogen-bond donors (Lipinski definition) is 1. The van der Waals surface area contributed by atoms with Crippen molar-refractivity contribution in [2.24, 2.45) is 5.92 Å². The molecule has 0 saturated carbocycles. The normalized spacial score (nSPS) is 12.8. The van der Waals surface area contributed by atoms with Crippen molar-refractivity contribution in [1.29, 1.82) is 0 Å². The van der Waals surface area contributed by atoms with Gasteiger partial charge in [-0.05, 0) is 31.2 Å². The highest BCUT2D eigenvalue weighted by molar-refractivity contribution is 6.30. The second-order valence-electron chi connectivity index (χ2n) is 4.63. The van der Waals surface area contributed by atoms with Crippen molar-refractivity contribution in [3.8, 4) is 5.75 Å². The Hall–Kier alpha value is -0.730. The average molecular weight is 270 g/mol. The van der Waals surface area contributed by atoms with Gasteiger partial charge in [0.15, 0.2) is 0 Å². The summed E-state index contributed by atoms with van der Waals surface area (Å²) in [5, 5.41) is 4.06. The summed E-state index contributed by atoms with van der Waals surface area (Å²) in [5.74, 6) is 2.02. The molecule has 1 aromatic rings. The first-order chi connectivity index (χ1) is 8.67. The van der Waals surface area contributed by atoms with Crippen LogP contribution in [0.2, 0.25) is 5.02 Å². The predicted molar refractivity (Wildman–Crippen MR) is 78.7 cm³/mol.